The van der Waals surface area contributed by atoms with Crippen LogP contribution in [0.2, 0.25) is 0 Å². The SMILES string of the molecule is COC1(c2noc(CC(=O)c3ccccc3)n2)CCCC1. The van der Waals surface area contributed by atoms with Crippen LogP contribution in [0.4, 0.5) is 0 Å². The third-order valence-electron chi connectivity index (χ3n) is 4.09. The molecule has 0 saturated heterocycles. The molecule has 110 valence electrons. The maximum Gasteiger partial charge on any atom is 0.234 e. The molecule has 1 saturated carbocycles. The number of methoxy groups -OCH3 is 1. The summed E-state index contributed by atoms with van der Waals surface area (Å²) in [7, 11) is 1.68. The van der Waals surface area contributed by atoms with Gasteiger partial charge in [-0.05, 0) is 25.7 Å². The second kappa shape index (κ2) is 5.77. The average Bonchev–Trinajstić information content (AvgIpc) is 3.17. The molecular formula is C16H18N2O3. The number of rotatable bonds is 5. The van der Waals surface area contributed by atoms with Crippen molar-refractivity contribution < 1.29 is 14.1 Å². The maximum absolute atomic E-state index is 12.1. The molecule has 5 nitrogen and oxygen atoms in total. The van der Waals surface area contributed by atoms with Gasteiger partial charge in [-0.15, -0.1) is 0 Å². The number of Topliss-reactive ketones (excluding diaryl/α,β-unsaturated/α-hetero) is 1. The lowest BCUT2D eigenvalue weighted by atomic mass is 10.0. The number of ether oxygens (including phenoxy) is 1. The van der Waals surface area contributed by atoms with Gasteiger partial charge in [0.1, 0.15) is 5.60 Å². The topological polar surface area (TPSA) is 65.2 Å². The molecule has 0 spiro atoms. The van der Waals surface area contributed by atoms with Gasteiger partial charge in [-0.2, -0.15) is 4.98 Å². The van der Waals surface area contributed by atoms with E-state index in [0.29, 0.717) is 17.3 Å². The first-order chi connectivity index (χ1) is 10.2. The number of carbonyl (C=O) groups excluding carboxylic acids is 1. The molecule has 1 aromatic heterocycles. The Morgan fingerprint density at radius 3 is 2.67 bits per heavy atom. The lowest BCUT2D eigenvalue weighted by molar-refractivity contribution is -0.0178. The highest BCUT2D eigenvalue weighted by Crippen LogP contribution is 2.40. The van der Waals surface area contributed by atoms with Crippen molar-refractivity contribution in [3.8, 4) is 0 Å². The zero-order valence-corrected chi connectivity index (χ0v) is 12.0. The van der Waals surface area contributed by atoms with E-state index in [0.717, 1.165) is 25.7 Å². The molecule has 1 aliphatic rings. The summed E-state index contributed by atoms with van der Waals surface area (Å²) in [4.78, 5) is 16.5. The number of hydrogen-bond donors (Lipinski definition) is 0. The van der Waals surface area contributed by atoms with E-state index in [9.17, 15) is 4.79 Å². The molecule has 1 aliphatic carbocycles. The minimum absolute atomic E-state index is 0.0244. The Balaban J connectivity index is 1.75. The average molecular weight is 286 g/mol. The summed E-state index contributed by atoms with van der Waals surface area (Å²) in [6, 6.07) is 9.13. The Morgan fingerprint density at radius 2 is 2.00 bits per heavy atom. The zero-order valence-electron chi connectivity index (χ0n) is 12.0. The molecule has 1 aromatic carbocycles. The van der Waals surface area contributed by atoms with Gasteiger partial charge < -0.3 is 9.26 Å². The molecule has 3 rings (SSSR count). The summed E-state index contributed by atoms with van der Waals surface area (Å²) in [6.07, 6.45) is 4.11. The van der Waals surface area contributed by atoms with E-state index in [2.05, 4.69) is 10.1 Å². The predicted molar refractivity (Wildman–Crippen MR) is 75.9 cm³/mol. The number of ketones is 1. The minimum Gasteiger partial charge on any atom is -0.370 e. The van der Waals surface area contributed by atoms with Crippen molar-refractivity contribution >= 4 is 5.78 Å². The molecule has 0 unspecified atom stereocenters. The van der Waals surface area contributed by atoms with Gasteiger partial charge >= 0.3 is 0 Å². The first kappa shape index (κ1) is 13.9. The van der Waals surface area contributed by atoms with Crippen LogP contribution in [0.3, 0.4) is 0 Å². The summed E-state index contributed by atoms with van der Waals surface area (Å²) in [6.45, 7) is 0. The van der Waals surface area contributed by atoms with Crippen molar-refractivity contribution in [2.75, 3.05) is 7.11 Å². The predicted octanol–water partition coefficient (Wildman–Crippen LogP) is 2.91. The molecule has 0 bridgehead atoms. The van der Waals surface area contributed by atoms with Crippen LogP contribution in [-0.4, -0.2) is 23.0 Å². The molecule has 21 heavy (non-hydrogen) atoms. The van der Waals surface area contributed by atoms with Gasteiger partial charge in [0.15, 0.2) is 5.78 Å². The van der Waals surface area contributed by atoms with Crippen LogP contribution < -0.4 is 0 Å². The fourth-order valence-electron chi connectivity index (χ4n) is 2.84. The molecule has 0 atom stereocenters. The molecular weight excluding hydrogens is 268 g/mol. The fraction of sp³-hybridized carbons (Fsp3) is 0.438. The Hall–Kier alpha value is -2.01. The highest BCUT2D eigenvalue weighted by atomic mass is 16.5. The van der Waals surface area contributed by atoms with Crippen molar-refractivity contribution in [2.24, 2.45) is 0 Å². The van der Waals surface area contributed by atoms with Crippen LogP contribution in [0.25, 0.3) is 0 Å². The minimum atomic E-state index is -0.433. The van der Waals surface area contributed by atoms with Crippen molar-refractivity contribution in [1.29, 1.82) is 0 Å². The van der Waals surface area contributed by atoms with Gasteiger partial charge in [-0.1, -0.05) is 35.5 Å². The molecule has 0 radical (unpaired) electrons. The monoisotopic (exact) mass is 286 g/mol. The summed E-state index contributed by atoms with van der Waals surface area (Å²) < 4.78 is 10.9. The van der Waals surface area contributed by atoms with Crippen LogP contribution in [0.5, 0.6) is 0 Å². The number of hydrogen-bond acceptors (Lipinski definition) is 5. The summed E-state index contributed by atoms with van der Waals surface area (Å²) in [5, 5.41) is 4.02. The largest absolute Gasteiger partial charge is 0.370 e. The van der Waals surface area contributed by atoms with Crippen LogP contribution in [-0.2, 0) is 16.8 Å². The van der Waals surface area contributed by atoms with Crippen LogP contribution in [0.1, 0.15) is 47.8 Å². The third-order valence-corrected chi connectivity index (χ3v) is 4.09. The van der Waals surface area contributed by atoms with E-state index < -0.39 is 5.60 Å². The summed E-state index contributed by atoms with van der Waals surface area (Å²) >= 11 is 0. The molecule has 0 N–H and O–H groups in total. The first-order valence-electron chi connectivity index (χ1n) is 7.20. The number of benzene rings is 1. The van der Waals surface area contributed by atoms with Crippen LogP contribution in [0, 0.1) is 0 Å². The van der Waals surface area contributed by atoms with Gasteiger partial charge in [-0.25, -0.2) is 0 Å². The van der Waals surface area contributed by atoms with Gasteiger partial charge in [-0.3, -0.25) is 4.79 Å². The normalized spacial score (nSPS) is 17.0. The lowest BCUT2D eigenvalue weighted by Gasteiger charge is -2.22. The second-order valence-electron chi connectivity index (χ2n) is 5.38. The number of nitrogens with zero attached hydrogens (tertiary/aromatic N) is 2. The smallest absolute Gasteiger partial charge is 0.234 e. The van der Waals surface area contributed by atoms with Gasteiger partial charge in [0.05, 0.1) is 6.42 Å². The molecule has 1 fully saturated rings. The highest BCUT2D eigenvalue weighted by molar-refractivity contribution is 5.96. The second-order valence-corrected chi connectivity index (χ2v) is 5.38. The quantitative estimate of drug-likeness (QED) is 0.791. The molecule has 1 heterocycles. The van der Waals surface area contributed by atoms with Crippen molar-refractivity contribution in [3.63, 3.8) is 0 Å². The van der Waals surface area contributed by atoms with Crippen LogP contribution >= 0.6 is 0 Å². The fourth-order valence-corrected chi connectivity index (χ4v) is 2.84. The molecule has 2 aromatic rings. The van der Waals surface area contributed by atoms with E-state index in [-0.39, 0.29) is 12.2 Å². The summed E-state index contributed by atoms with van der Waals surface area (Å²) in [5.41, 5.74) is 0.219. The third kappa shape index (κ3) is 2.74. The van der Waals surface area contributed by atoms with E-state index in [1.165, 1.54) is 0 Å². The first-order valence-corrected chi connectivity index (χ1v) is 7.20. The van der Waals surface area contributed by atoms with Crippen molar-refractivity contribution in [1.82, 2.24) is 10.1 Å². The van der Waals surface area contributed by atoms with E-state index >= 15 is 0 Å². The Bertz CT molecular complexity index is 615. The van der Waals surface area contributed by atoms with Gasteiger partial charge in [0.25, 0.3) is 0 Å². The standard InChI is InChI=1S/C16H18N2O3/c1-20-16(9-5-6-10-16)15-17-14(21-18-15)11-13(19)12-7-3-2-4-8-12/h2-4,7-8H,5-6,9-11H2,1H3. The number of aromatic nitrogens is 2. The van der Waals surface area contributed by atoms with Crippen LogP contribution in [0.15, 0.2) is 34.9 Å². The van der Waals surface area contributed by atoms with Crippen molar-refractivity contribution in [3.05, 3.63) is 47.6 Å². The number of carbonyl (C=O) groups is 1. The van der Waals surface area contributed by atoms with Crippen molar-refractivity contribution in [2.45, 2.75) is 37.7 Å². The van der Waals surface area contributed by atoms with E-state index in [1.807, 2.05) is 18.2 Å². The molecule has 0 aliphatic heterocycles. The van der Waals surface area contributed by atoms with E-state index in [4.69, 9.17) is 9.26 Å². The van der Waals surface area contributed by atoms with Gasteiger partial charge in [0, 0.05) is 12.7 Å². The molecule has 5 heteroatoms. The van der Waals surface area contributed by atoms with Gasteiger partial charge in [0.2, 0.25) is 11.7 Å². The zero-order chi connectivity index (χ0) is 14.7. The maximum atomic E-state index is 12.1. The van der Waals surface area contributed by atoms with E-state index in [1.54, 1.807) is 19.2 Å². The Morgan fingerprint density at radius 1 is 1.29 bits per heavy atom. The highest BCUT2D eigenvalue weighted by Gasteiger charge is 2.40. The lowest BCUT2D eigenvalue weighted by Crippen LogP contribution is -2.26. The Labute approximate surface area is 123 Å². The summed E-state index contributed by atoms with van der Waals surface area (Å²) in [5.74, 6) is 0.893. The Kier molecular flexibility index (Phi) is 3.84. The molecule has 0 amide bonds.